The van der Waals surface area contributed by atoms with Crippen LogP contribution in [0.5, 0.6) is 0 Å². The van der Waals surface area contributed by atoms with Crippen molar-refractivity contribution in [1.82, 2.24) is 0 Å². The van der Waals surface area contributed by atoms with E-state index in [1.165, 1.54) is 0 Å². The molecule has 0 atom stereocenters. The van der Waals surface area contributed by atoms with Crippen molar-refractivity contribution < 1.29 is 4.79 Å². The Morgan fingerprint density at radius 3 is 3.07 bits per heavy atom. The first-order valence-corrected chi connectivity index (χ1v) is 4.17. The predicted octanol–water partition coefficient (Wildman–Crippen LogP) is 1.21. The largest absolute Gasteiger partial charge is 0.366 e. The third-order valence-electron chi connectivity index (χ3n) is 1.96. The van der Waals surface area contributed by atoms with Crippen LogP contribution in [0.4, 0.5) is 5.69 Å². The zero-order chi connectivity index (χ0) is 9.97. The Bertz CT molecular complexity index is 435. The lowest BCUT2D eigenvalue weighted by atomic mass is 10.1. The highest BCUT2D eigenvalue weighted by Crippen LogP contribution is 2.20. The fourth-order valence-electron chi connectivity index (χ4n) is 1.25. The van der Waals surface area contributed by atoms with Gasteiger partial charge in [0, 0.05) is 11.8 Å². The molecular formula is C10H9N3O. The zero-order valence-electron chi connectivity index (χ0n) is 7.40. The molecule has 0 unspecified atom stereocenters. The molecule has 1 aliphatic rings. The number of hydrogen-bond donors (Lipinski definition) is 2. The molecule has 0 radical (unpaired) electrons. The summed E-state index contributed by atoms with van der Waals surface area (Å²) in [6, 6.07) is 5.21. The van der Waals surface area contributed by atoms with Crippen molar-refractivity contribution in [3.63, 3.8) is 0 Å². The van der Waals surface area contributed by atoms with Gasteiger partial charge in [0.25, 0.3) is 0 Å². The monoisotopic (exact) mass is 187 g/mol. The van der Waals surface area contributed by atoms with Crippen molar-refractivity contribution in [3.05, 3.63) is 35.4 Å². The number of hydrogen-bond acceptors (Lipinski definition) is 3. The SMILES string of the molecule is NC(=O)c1ccc2c(c1)NN=CC=C2. The highest BCUT2D eigenvalue weighted by atomic mass is 16.1. The average molecular weight is 187 g/mol. The third-order valence-corrected chi connectivity index (χ3v) is 1.96. The fraction of sp³-hybridized carbons (Fsp3) is 0. The number of nitrogens with two attached hydrogens (primary N) is 1. The van der Waals surface area contributed by atoms with Crippen molar-refractivity contribution in [2.75, 3.05) is 5.43 Å². The van der Waals surface area contributed by atoms with Gasteiger partial charge < -0.3 is 5.73 Å². The molecule has 1 aromatic carbocycles. The average Bonchev–Trinajstić information content (AvgIpc) is 2.41. The van der Waals surface area contributed by atoms with E-state index >= 15 is 0 Å². The van der Waals surface area contributed by atoms with E-state index < -0.39 is 5.91 Å². The van der Waals surface area contributed by atoms with E-state index in [1.807, 2.05) is 18.2 Å². The number of rotatable bonds is 1. The molecule has 0 aliphatic carbocycles. The van der Waals surface area contributed by atoms with Crippen LogP contribution in [-0.4, -0.2) is 12.1 Å². The molecule has 14 heavy (non-hydrogen) atoms. The molecule has 3 N–H and O–H groups in total. The number of fused-ring (bicyclic) bond motifs is 1. The van der Waals surface area contributed by atoms with E-state index in [2.05, 4.69) is 10.5 Å². The van der Waals surface area contributed by atoms with Gasteiger partial charge in [-0.2, -0.15) is 5.10 Å². The van der Waals surface area contributed by atoms with E-state index in [9.17, 15) is 4.79 Å². The summed E-state index contributed by atoms with van der Waals surface area (Å²) in [6.07, 6.45) is 5.37. The summed E-state index contributed by atoms with van der Waals surface area (Å²) < 4.78 is 0. The molecule has 0 saturated carbocycles. The number of primary amides is 1. The Balaban J connectivity index is 2.49. The molecule has 0 spiro atoms. The van der Waals surface area contributed by atoms with Gasteiger partial charge in [0.2, 0.25) is 5.91 Å². The van der Waals surface area contributed by atoms with Crippen LogP contribution in [0, 0.1) is 0 Å². The number of allylic oxidation sites excluding steroid dienone is 1. The van der Waals surface area contributed by atoms with Crippen molar-refractivity contribution in [1.29, 1.82) is 0 Å². The smallest absolute Gasteiger partial charge is 0.248 e. The normalized spacial score (nSPS) is 12.9. The summed E-state index contributed by atoms with van der Waals surface area (Å²) in [4.78, 5) is 10.9. The van der Waals surface area contributed by atoms with Crippen molar-refractivity contribution in [2.24, 2.45) is 10.8 Å². The molecule has 0 aromatic heterocycles. The quantitative estimate of drug-likeness (QED) is 0.693. The summed E-state index contributed by atoms with van der Waals surface area (Å²) in [7, 11) is 0. The number of hydrazone groups is 1. The van der Waals surface area contributed by atoms with Gasteiger partial charge in [-0.3, -0.25) is 10.2 Å². The van der Waals surface area contributed by atoms with Gasteiger partial charge in [-0.05, 0) is 23.8 Å². The zero-order valence-corrected chi connectivity index (χ0v) is 7.40. The van der Waals surface area contributed by atoms with Gasteiger partial charge >= 0.3 is 0 Å². The van der Waals surface area contributed by atoms with Gasteiger partial charge in [-0.1, -0.05) is 12.1 Å². The second-order valence-corrected chi connectivity index (χ2v) is 2.92. The van der Waals surface area contributed by atoms with E-state index in [1.54, 1.807) is 18.3 Å². The first-order chi connectivity index (χ1) is 6.77. The molecule has 70 valence electrons. The van der Waals surface area contributed by atoms with Crippen LogP contribution >= 0.6 is 0 Å². The van der Waals surface area contributed by atoms with Crippen LogP contribution in [0.2, 0.25) is 0 Å². The minimum Gasteiger partial charge on any atom is -0.366 e. The minimum atomic E-state index is -0.438. The Morgan fingerprint density at radius 1 is 1.43 bits per heavy atom. The number of nitrogens with one attached hydrogen (secondary N) is 1. The molecule has 1 aromatic rings. The van der Waals surface area contributed by atoms with E-state index in [4.69, 9.17) is 5.73 Å². The lowest BCUT2D eigenvalue weighted by Gasteiger charge is -2.04. The Labute approximate surface area is 81.1 Å². The number of nitrogens with zero attached hydrogens (tertiary/aromatic N) is 1. The third kappa shape index (κ3) is 1.50. The number of benzene rings is 1. The van der Waals surface area contributed by atoms with E-state index in [0.29, 0.717) is 5.56 Å². The highest BCUT2D eigenvalue weighted by Gasteiger charge is 2.05. The maximum absolute atomic E-state index is 10.9. The lowest BCUT2D eigenvalue weighted by Crippen LogP contribution is -2.11. The molecule has 0 fully saturated rings. The Hall–Kier alpha value is -2.10. The van der Waals surface area contributed by atoms with Crippen molar-refractivity contribution >= 4 is 23.9 Å². The lowest BCUT2D eigenvalue weighted by molar-refractivity contribution is 0.100. The summed E-state index contributed by atoms with van der Waals surface area (Å²) in [5.41, 5.74) is 10.2. The van der Waals surface area contributed by atoms with Crippen LogP contribution in [0.15, 0.2) is 29.4 Å². The van der Waals surface area contributed by atoms with E-state index in [-0.39, 0.29) is 0 Å². The highest BCUT2D eigenvalue weighted by molar-refractivity contribution is 5.95. The number of anilines is 1. The first kappa shape index (κ1) is 8.50. The fourth-order valence-corrected chi connectivity index (χ4v) is 1.25. The van der Waals surface area contributed by atoms with Crippen LogP contribution in [0.1, 0.15) is 15.9 Å². The summed E-state index contributed by atoms with van der Waals surface area (Å²) in [5.74, 6) is -0.438. The molecule has 1 amide bonds. The molecule has 0 saturated heterocycles. The molecule has 1 heterocycles. The minimum absolute atomic E-state index is 0.438. The van der Waals surface area contributed by atoms with Crippen molar-refractivity contribution in [3.8, 4) is 0 Å². The molecule has 1 aliphatic heterocycles. The summed E-state index contributed by atoms with van der Waals surface area (Å²) >= 11 is 0. The van der Waals surface area contributed by atoms with Gasteiger partial charge in [-0.25, -0.2) is 0 Å². The summed E-state index contributed by atoms with van der Waals surface area (Å²) in [5, 5.41) is 3.90. The maximum Gasteiger partial charge on any atom is 0.248 e. The van der Waals surface area contributed by atoms with Crippen LogP contribution in [-0.2, 0) is 0 Å². The maximum atomic E-state index is 10.9. The summed E-state index contributed by atoms with van der Waals surface area (Å²) in [6.45, 7) is 0. The van der Waals surface area contributed by atoms with E-state index in [0.717, 1.165) is 11.3 Å². The van der Waals surface area contributed by atoms with Gasteiger partial charge in [0.15, 0.2) is 0 Å². The van der Waals surface area contributed by atoms with Crippen LogP contribution in [0.3, 0.4) is 0 Å². The number of carbonyl (C=O) groups excluding carboxylic acids is 1. The van der Waals surface area contributed by atoms with Crippen LogP contribution in [0.25, 0.3) is 6.08 Å². The van der Waals surface area contributed by atoms with Crippen LogP contribution < -0.4 is 11.2 Å². The molecule has 4 nitrogen and oxygen atoms in total. The molecule has 0 bridgehead atoms. The van der Waals surface area contributed by atoms with Gasteiger partial charge in [0.05, 0.1) is 5.69 Å². The first-order valence-electron chi connectivity index (χ1n) is 4.17. The Kier molecular flexibility index (Phi) is 2.02. The van der Waals surface area contributed by atoms with Gasteiger partial charge in [-0.15, -0.1) is 0 Å². The predicted molar refractivity (Wildman–Crippen MR) is 56.1 cm³/mol. The standard InChI is InChI=1S/C10H9N3O/c11-10(14)8-4-3-7-2-1-5-12-13-9(7)6-8/h1-6,13H,(H2,11,14). The second kappa shape index (κ2) is 3.33. The molecule has 2 rings (SSSR count). The van der Waals surface area contributed by atoms with Gasteiger partial charge in [0.1, 0.15) is 0 Å². The molecular weight excluding hydrogens is 178 g/mol. The Morgan fingerprint density at radius 2 is 2.29 bits per heavy atom. The topological polar surface area (TPSA) is 67.5 Å². The second-order valence-electron chi connectivity index (χ2n) is 2.92. The molecule has 4 heteroatoms. The number of carbonyl (C=O) groups is 1. The number of amides is 1. The van der Waals surface area contributed by atoms with Crippen molar-refractivity contribution in [2.45, 2.75) is 0 Å².